The smallest absolute Gasteiger partial charge is 0.258 e. The lowest BCUT2D eigenvalue weighted by atomic mass is 10.2. The molecule has 17 heavy (non-hydrogen) atoms. The number of aryl methyl sites for hydroxylation is 1. The molecule has 6 heteroatoms. The van der Waals surface area contributed by atoms with Crippen LogP contribution in [-0.4, -0.2) is 21.1 Å². The van der Waals surface area contributed by atoms with Gasteiger partial charge in [-0.25, -0.2) is 4.98 Å². The van der Waals surface area contributed by atoms with E-state index in [9.17, 15) is 4.79 Å². The van der Waals surface area contributed by atoms with E-state index < -0.39 is 0 Å². The van der Waals surface area contributed by atoms with E-state index in [1.807, 2.05) is 6.92 Å². The summed E-state index contributed by atoms with van der Waals surface area (Å²) in [5.41, 5.74) is 1.45. The van der Waals surface area contributed by atoms with Gasteiger partial charge >= 0.3 is 0 Å². The first-order valence-electron chi connectivity index (χ1n) is 4.87. The SMILES string of the molecule is Cc1cc(NC(=O)c2ccnnc2)ncc1Br. The Kier molecular flexibility index (Phi) is 3.43. The molecule has 0 bridgehead atoms. The minimum absolute atomic E-state index is 0.255. The first kappa shape index (κ1) is 11.7. The Balaban J connectivity index is 2.16. The number of pyridine rings is 1. The Hall–Kier alpha value is -1.82. The number of carbonyl (C=O) groups excluding carboxylic acids is 1. The highest BCUT2D eigenvalue weighted by Crippen LogP contribution is 2.17. The van der Waals surface area contributed by atoms with Crippen molar-refractivity contribution >= 4 is 27.7 Å². The van der Waals surface area contributed by atoms with E-state index in [0.29, 0.717) is 11.4 Å². The molecule has 0 saturated carbocycles. The minimum atomic E-state index is -0.255. The topological polar surface area (TPSA) is 67.8 Å². The molecule has 2 heterocycles. The summed E-state index contributed by atoms with van der Waals surface area (Å²) in [4.78, 5) is 15.9. The maximum absolute atomic E-state index is 11.8. The molecule has 0 aliphatic heterocycles. The van der Waals surface area contributed by atoms with Gasteiger partial charge in [-0.15, -0.1) is 0 Å². The average molecular weight is 293 g/mol. The highest BCUT2D eigenvalue weighted by molar-refractivity contribution is 9.10. The molecule has 0 fully saturated rings. The number of anilines is 1. The normalized spacial score (nSPS) is 10.0. The van der Waals surface area contributed by atoms with Gasteiger partial charge in [0, 0.05) is 10.7 Å². The van der Waals surface area contributed by atoms with Gasteiger partial charge in [0.1, 0.15) is 5.82 Å². The Morgan fingerprint density at radius 2 is 2.18 bits per heavy atom. The minimum Gasteiger partial charge on any atom is -0.307 e. The molecule has 86 valence electrons. The molecule has 1 amide bonds. The third-order valence-corrected chi connectivity index (χ3v) is 2.97. The maximum atomic E-state index is 11.8. The number of amides is 1. The van der Waals surface area contributed by atoms with E-state index in [1.54, 1.807) is 18.3 Å². The van der Waals surface area contributed by atoms with Crippen LogP contribution in [0, 0.1) is 6.92 Å². The van der Waals surface area contributed by atoms with Gasteiger partial charge in [0.05, 0.1) is 18.0 Å². The molecule has 0 saturated heterocycles. The summed E-state index contributed by atoms with van der Waals surface area (Å²) in [7, 11) is 0. The van der Waals surface area contributed by atoms with Crippen LogP contribution < -0.4 is 5.32 Å². The molecular formula is C11H9BrN4O. The first-order chi connectivity index (χ1) is 8.16. The van der Waals surface area contributed by atoms with Crippen molar-refractivity contribution in [1.29, 1.82) is 0 Å². The van der Waals surface area contributed by atoms with Gasteiger partial charge in [0.25, 0.3) is 5.91 Å². The van der Waals surface area contributed by atoms with Gasteiger partial charge in [-0.3, -0.25) is 4.79 Å². The molecule has 0 atom stereocenters. The van der Waals surface area contributed by atoms with E-state index in [4.69, 9.17) is 0 Å². The standard InChI is InChI=1S/C11H9BrN4O/c1-7-4-10(13-6-9(7)12)16-11(17)8-2-3-14-15-5-8/h2-6H,1H3,(H,13,16,17). The van der Waals surface area contributed by atoms with Crippen LogP contribution in [0.2, 0.25) is 0 Å². The Bertz CT molecular complexity index is 544. The van der Waals surface area contributed by atoms with Crippen LogP contribution in [-0.2, 0) is 0 Å². The monoisotopic (exact) mass is 292 g/mol. The third-order valence-electron chi connectivity index (χ3n) is 2.13. The lowest BCUT2D eigenvalue weighted by molar-refractivity contribution is 0.102. The molecule has 2 rings (SSSR count). The second-order valence-electron chi connectivity index (χ2n) is 3.40. The predicted octanol–water partition coefficient (Wildman–Crippen LogP) is 2.19. The average Bonchev–Trinajstić information content (AvgIpc) is 2.35. The van der Waals surface area contributed by atoms with Gasteiger partial charge in [0.2, 0.25) is 0 Å². The summed E-state index contributed by atoms with van der Waals surface area (Å²) < 4.78 is 0.904. The lowest BCUT2D eigenvalue weighted by Gasteiger charge is -2.05. The molecule has 2 aromatic heterocycles. The number of carbonyl (C=O) groups is 1. The van der Waals surface area contributed by atoms with Crippen molar-refractivity contribution in [3.8, 4) is 0 Å². The van der Waals surface area contributed by atoms with Crippen LogP contribution in [0.3, 0.4) is 0 Å². The third kappa shape index (κ3) is 2.85. The maximum Gasteiger partial charge on any atom is 0.258 e. The highest BCUT2D eigenvalue weighted by Gasteiger charge is 2.07. The van der Waals surface area contributed by atoms with Gasteiger partial charge in [-0.05, 0) is 40.5 Å². The number of halogens is 1. The predicted molar refractivity (Wildman–Crippen MR) is 66.7 cm³/mol. The number of hydrogen-bond donors (Lipinski definition) is 1. The number of nitrogens with zero attached hydrogens (tertiary/aromatic N) is 3. The van der Waals surface area contributed by atoms with Crippen molar-refractivity contribution in [2.45, 2.75) is 6.92 Å². The van der Waals surface area contributed by atoms with Crippen LogP contribution in [0.1, 0.15) is 15.9 Å². The Morgan fingerprint density at radius 3 is 2.82 bits per heavy atom. The molecule has 0 unspecified atom stereocenters. The number of hydrogen-bond acceptors (Lipinski definition) is 4. The van der Waals surface area contributed by atoms with Crippen LogP contribution in [0.5, 0.6) is 0 Å². The summed E-state index contributed by atoms with van der Waals surface area (Å²) in [5, 5.41) is 9.94. The summed E-state index contributed by atoms with van der Waals surface area (Å²) in [6.07, 6.45) is 4.52. The quantitative estimate of drug-likeness (QED) is 0.921. The molecule has 0 spiro atoms. The van der Waals surface area contributed by atoms with E-state index >= 15 is 0 Å². The van der Waals surface area contributed by atoms with E-state index in [-0.39, 0.29) is 5.91 Å². The fraction of sp³-hybridized carbons (Fsp3) is 0.0909. The van der Waals surface area contributed by atoms with Crippen LogP contribution in [0.4, 0.5) is 5.82 Å². The van der Waals surface area contributed by atoms with Crippen molar-refractivity contribution in [3.63, 3.8) is 0 Å². The zero-order chi connectivity index (χ0) is 12.3. The molecule has 0 aromatic carbocycles. The van der Waals surface area contributed by atoms with Crippen molar-refractivity contribution in [2.75, 3.05) is 5.32 Å². The lowest BCUT2D eigenvalue weighted by Crippen LogP contribution is -2.13. The summed E-state index contributed by atoms with van der Waals surface area (Å²) in [5.74, 6) is 0.252. The van der Waals surface area contributed by atoms with Gasteiger partial charge < -0.3 is 5.32 Å². The van der Waals surface area contributed by atoms with Gasteiger partial charge in [0.15, 0.2) is 0 Å². The van der Waals surface area contributed by atoms with E-state index in [1.165, 1.54) is 12.4 Å². The van der Waals surface area contributed by atoms with Crippen LogP contribution in [0.25, 0.3) is 0 Å². The first-order valence-corrected chi connectivity index (χ1v) is 5.66. The Labute approximate surface area is 106 Å². The summed E-state index contributed by atoms with van der Waals surface area (Å²) in [6, 6.07) is 3.38. The Morgan fingerprint density at radius 1 is 1.35 bits per heavy atom. The van der Waals surface area contributed by atoms with Gasteiger partial charge in [-0.2, -0.15) is 10.2 Å². The van der Waals surface area contributed by atoms with Crippen LogP contribution >= 0.6 is 15.9 Å². The van der Waals surface area contributed by atoms with Crippen molar-refractivity contribution < 1.29 is 4.79 Å². The van der Waals surface area contributed by atoms with E-state index in [0.717, 1.165) is 10.0 Å². The summed E-state index contributed by atoms with van der Waals surface area (Å²) in [6.45, 7) is 1.93. The molecule has 0 aliphatic carbocycles. The van der Waals surface area contributed by atoms with Crippen LogP contribution in [0.15, 0.2) is 35.2 Å². The fourth-order valence-electron chi connectivity index (χ4n) is 1.22. The number of aromatic nitrogens is 3. The summed E-state index contributed by atoms with van der Waals surface area (Å²) >= 11 is 3.35. The van der Waals surface area contributed by atoms with E-state index in [2.05, 4.69) is 36.4 Å². The van der Waals surface area contributed by atoms with Crippen molar-refractivity contribution in [3.05, 3.63) is 46.3 Å². The van der Waals surface area contributed by atoms with Crippen molar-refractivity contribution in [2.24, 2.45) is 0 Å². The highest BCUT2D eigenvalue weighted by atomic mass is 79.9. The number of rotatable bonds is 2. The molecule has 0 aliphatic rings. The van der Waals surface area contributed by atoms with Gasteiger partial charge in [-0.1, -0.05) is 0 Å². The zero-order valence-electron chi connectivity index (χ0n) is 9.01. The zero-order valence-corrected chi connectivity index (χ0v) is 10.6. The molecule has 2 aromatic rings. The second-order valence-corrected chi connectivity index (χ2v) is 4.26. The van der Waals surface area contributed by atoms with Crippen molar-refractivity contribution in [1.82, 2.24) is 15.2 Å². The fourth-order valence-corrected chi connectivity index (χ4v) is 1.44. The molecule has 0 radical (unpaired) electrons. The largest absolute Gasteiger partial charge is 0.307 e. The molecule has 5 nitrogen and oxygen atoms in total. The number of nitrogens with one attached hydrogen (secondary N) is 1. The second kappa shape index (κ2) is 5.01. The molecular weight excluding hydrogens is 284 g/mol. The molecule has 1 N–H and O–H groups in total.